The lowest BCUT2D eigenvalue weighted by molar-refractivity contribution is 0.319. The molecule has 1 rings (SSSR count). The second-order valence-electron chi connectivity index (χ2n) is 5.26. The molecule has 114 valence electrons. The van der Waals surface area contributed by atoms with E-state index in [-0.39, 0.29) is 0 Å². The summed E-state index contributed by atoms with van der Waals surface area (Å²) in [6, 6.07) is 5.94. The normalized spacial score (nSPS) is 10.5. The van der Waals surface area contributed by atoms with Crippen molar-refractivity contribution >= 4 is 11.4 Å². The smallest absolute Gasteiger partial charge is 0.144 e. The number of hydrogen-bond donors (Lipinski definition) is 2. The Hall–Kier alpha value is -1.38. The van der Waals surface area contributed by atoms with Crippen LogP contribution in [0, 0.1) is 0 Å². The first-order valence-corrected chi connectivity index (χ1v) is 8.04. The third-order valence-corrected chi connectivity index (χ3v) is 3.37. The van der Waals surface area contributed by atoms with Crippen molar-refractivity contribution < 1.29 is 4.74 Å². The number of unbranched alkanes of at least 4 members (excludes halogenated alkanes) is 5. The number of anilines is 2. The molecule has 0 bridgehead atoms. The van der Waals surface area contributed by atoms with Gasteiger partial charge in [0.15, 0.2) is 0 Å². The number of rotatable bonds is 11. The summed E-state index contributed by atoms with van der Waals surface area (Å²) in [7, 11) is 0. The average Bonchev–Trinajstić information content (AvgIpc) is 2.46. The Labute approximate surface area is 123 Å². The first-order valence-electron chi connectivity index (χ1n) is 8.04. The van der Waals surface area contributed by atoms with Gasteiger partial charge in [0.05, 0.1) is 18.0 Å². The second kappa shape index (κ2) is 10.4. The number of benzene rings is 1. The van der Waals surface area contributed by atoms with Crippen molar-refractivity contribution in [2.24, 2.45) is 0 Å². The number of para-hydroxylation sites is 1. The highest BCUT2D eigenvalue weighted by Gasteiger charge is 2.05. The predicted octanol–water partition coefficient (Wildman–Crippen LogP) is 4.83. The summed E-state index contributed by atoms with van der Waals surface area (Å²) in [5.41, 5.74) is 7.84. The molecule has 0 aliphatic carbocycles. The molecule has 0 aliphatic heterocycles. The van der Waals surface area contributed by atoms with Crippen LogP contribution < -0.4 is 15.8 Å². The quantitative estimate of drug-likeness (QED) is 0.450. The van der Waals surface area contributed by atoms with Crippen LogP contribution >= 0.6 is 0 Å². The number of nitrogen functional groups attached to an aromatic ring is 1. The zero-order valence-electron chi connectivity index (χ0n) is 13.1. The van der Waals surface area contributed by atoms with E-state index in [9.17, 15) is 0 Å². The van der Waals surface area contributed by atoms with Crippen LogP contribution in [0.3, 0.4) is 0 Å². The van der Waals surface area contributed by atoms with E-state index in [4.69, 9.17) is 10.5 Å². The highest BCUT2D eigenvalue weighted by molar-refractivity contribution is 5.72. The van der Waals surface area contributed by atoms with Gasteiger partial charge in [-0.2, -0.15) is 0 Å². The molecule has 0 unspecified atom stereocenters. The third kappa shape index (κ3) is 6.18. The largest absolute Gasteiger partial charge is 0.491 e. The van der Waals surface area contributed by atoms with Gasteiger partial charge in [0.25, 0.3) is 0 Å². The molecule has 20 heavy (non-hydrogen) atoms. The highest BCUT2D eigenvalue weighted by atomic mass is 16.5. The standard InChI is InChI=1S/C17H30N2O/c1-3-5-6-7-8-9-13-19-15-11-10-12-16(17(15)18)20-14-4-2/h10-12,19H,3-9,13-14,18H2,1-2H3. The Kier molecular flexibility index (Phi) is 8.68. The fourth-order valence-corrected chi connectivity index (χ4v) is 2.16. The lowest BCUT2D eigenvalue weighted by atomic mass is 10.1. The van der Waals surface area contributed by atoms with Crippen LogP contribution in [0.15, 0.2) is 18.2 Å². The van der Waals surface area contributed by atoms with E-state index in [1.807, 2.05) is 18.2 Å². The molecule has 3 nitrogen and oxygen atoms in total. The van der Waals surface area contributed by atoms with Crippen LogP contribution in [0.2, 0.25) is 0 Å². The lowest BCUT2D eigenvalue weighted by Crippen LogP contribution is -2.06. The summed E-state index contributed by atoms with van der Waals surface area (Å²) in [6.45, 7) is 6.04. The van der Waals surface area contributed by atoms with Crippen molar-refractivity contribution in [2.75, 3.05) is 24.2 Å². The van der Waals surface area contributed by atoms with Crippen molar-refractivity contribution in [1.82, 2.24) is 0 Å². The van der Waals surface area contributed by atoms with E-state index in [2.05, 4.69) is 19.2 Å². The molecule has 3 heteroatoms. The summed E-state index contributed by atoms with van der Waals surface area (Å²) in [5.74, 6) is 0.791. The molecule has 0 aliphatic rings. The molecule has 0 radical (unpaired) electrons. The van der Waals surface area contributed by atoms with Gasteiger partial charge >= 0.3 is 0 Å². The fraction of sp³-hybridized carbons (Fsp3) is 0.647. The number of ether oxygens (including phenoxy) is 1. The Balaban J connectivity index is 2.29. The van der Waals surface area contributed by atoms with Crippen LogP contribution in [0.4, 0.5) is 11.4 Å². The molecular formula is C17H30N2O. The Bertz CT molecular complexity index is 366. The lowest BCUT2D eigenvalue weighted by Gasteiger charge is -2.13. The number of nitrogens with one attached hydrogen (secondary N) is 1. The monoisotopic (exact) mass is 278 g/mol. The maximum Gasteiger partial charge on any atom is 0.144 e. The van der Waals surface area contributed by atoms with Gasteiger partial charge in [0.2, 0.25) is 0 Å². The molecule has 3 N–H and O–H groups in total. The molecule has 0 heterocycles. The van der Waals surface area contributed by atoms with Crippen molar-refractivity contribution in [1.29, 1.82) is 0 Å². The summed E-state index contributed by atoms with van der Waals surface area (Å²) in [4.78, 5) is 0. The van der Waals surface area contributed by atoms with E-state index < -0.39 is 0 Å². The molecule has 0 aromatic heterocycles. The van der Waals surface area contributed by atoms with Crippen LogP contribution in [0.5, 0.6) is 5.75 Å². The molecule has 0 fully saturated rings. The van der Waals surface area contributed by atoms with Crippen molar-refractivity contribution in [3.8, 4) is 5.75 Å². The molecule has 0 amide bonds. The van der Waals surface area contributed by atoms with Gasteiger partial charge < -0.3 is 15.8 Å². The molecular weight excluding hydrogens is 248 g/mol. The van der Waals surface area contributed by atoms with E-state index >= 15 is 0 Å². The van der Waals surface area contributed by atoms with Crippen LogP contribution in [0.1, 0.15) is 58.8 Å². The number of nitrogens with two attached hydrogens (primary N) is 1. The minimum Gasteiger partial charge on any atom is -0.491 e. The molecule has 0 saturated carbocycles. The number of hydrogen-bond acceptors (Lipinski definition) is 3. The Morgan fingerprint density at radius 3 is 2.50 bits per heavy atom. The minimum atomic E-state index is 0.713. The molecule has 0 spiro atoms. The summed E-state index contributed by atoms with van der Waals surface area (Å²) in [6.07, 6.45) is 8.84. The molecule has 1 aromatic carbocycles. The van der Waals surface area contributed by atoms with Gasteiger partial charge in [-0.05, 0) is 25.0 Å². The van der Waals surface area contributed by atoms with Gasteiger partial charge in [-0.3, -0.25) is 0 Å². The summed E-state index contributed by atoms with van der Waals surface area (Å²) < 4.78 is 5.63. The van der Waals surface area contributed by atoms with Gasteiger partial charge in [0.1, 0.15) is 5.75 Å². The SMILES string of the molecule is CCCCCCCCNc1cccc(OCCC)c1N. The van der Waals surface area contributed by atoms with Crippen LogP contribution in [-0.4, -0.2) is 13.2 Å². The maximum absolute atomic E-state index is 6.12. The van der Waals surface area contributed by atoms with E-state index in [1.165, 1.54) is 38.5 Å². The zero-order chi connectivity index (χ0) is 14.6. The Morgan fingerprint density at radius 1 is 1.00 bits per heavy atom. The topological polar surface area (TPSA) is 47.3 Å². The predicted molar refractivity (Wildman–Crippen MR) is 88.5 cm³/mol. The zero-order valence-corrected chi connectivity index (χ0v) is 13.1. The molecule has 1 aromatic rings. The van der Waals surface area contributed by atoms with Gasteiger partial charge in [-0.25, -0.2) is 0 Å². The van der Waals surface area contributed by atoms with Crippen LogP contribution in [0.25, 0.3) is 0 Å². The van der Waals surface area contributed by atoms with Gasteiger partial charge in [-0.15, -0.1) is 0 Å². The Morgan fingerprint density at radius 2 is 1.75 bits per heavy atom. The summed E-state index contributed by atoms with van der Waals surface area (Å²) in [5, 5.41) is 3.42. The van der Waals surface area contributed by atoms with Gasteiger partial charge in [0, 0.05) is 6.54 Å². The van der Waals surface area contributed by atoms with Crippen molar-refractivity contribution in [3.05, 3.63) is 18.2 Å². The summed E-state index contributed by atoms with van der Waals surface area (Å²) >= 11 is 0. The second-order valence-corrected chi connectivity index (χ2v) is 5.26. The minimum absolute atomic E-state index is 0.713. The van der Waals surface area contributed by atoms with E-state index in [0.717, 1.165) is 30.1 Å². The van der Waals surface area contributed by atoms with Crippen molar-refractivity contribution in [3.63, 3.8) is 0 Å². The molecule has 0 atom stereocenters. The highest BCUT2D eigenvalue weighted by Crippen LogP contribution is 2.29. The van der Waals surface area contributed by atoms with E-state index in [0.29, 0.717) is 6.61 Å². The van der Waals surface area contributed by atoms with Crippen LogP contribution in [-0.2, 0) is 0 Å². The van der Waals surface area contributed by atoms with E-state index in [1.54, 1.807) is 0 Å². The third-order valence-electron chi connectivity index (χ3n) is 3.37. The first-order chi connectivity index (χ1) is 9.79. The first kappa shape index (κ1) is 16.7. The fourth-order valence-electron chi connectivity index (χ4n) is 2.16. The average molecular weight is 278 g/mol. The van der Waals surface area contributed by atoms with Gasteiger partial charge in [-0.1, -0.05) is 52.0 Å². The van der Waals surface area contributed by atoms with Crippen molar-refractivity contribution in [2.45, 2.75) is 58.8 Å². The molecule has 0 saturated heterocycles. The maximum atomic E-state index is 6.12.